The van der Waals surface area contributed by atoms with Crippen LogP contribution in [0.1, 0.15) is 72.1 Å². The average Bonchev–Trinajstić information content (AvgIpc) is 2.78. The Bertz CT molecular complexity index is 531. The molecule has 9 atom stereocenters. The molecule has 0 amide bonds. The first-order chi connectivity index (χ1) is 11.3. The van der Waals surface area contributed by atoms with Crippen LogP contribution in [-0.2, 0) is 4.79 Å². The summed E-state index contributed by atoms with van der Waals surface area (Å²) in [4.78, 5) is 12.2. The molecule has 0 bridgehead atoms. The van der Waals surface area contributed by atoms with E-state index in [2.05, 4.69) is 13.8 Å². The molecule has 4 aliphatic carbocycles. The van der Waals surface area contributed by atoms with Crippen LogP contribution in [0, 0.1) is 40.4 Å². The highest BCUT2D eigenvalue weighted by Crippen LogP contribution is 2.67. The SMILES string of the molecule is CC(=O)[C@H]1[C@H](O)C[C@H]2[C@@H]3CCC4C[C@H](O)CC[C@]4(C)[C@H]3CC[C@]21C. The molecule has 4 rings (SSSR count). The van der Waals surface area contributed by atoms with Crippen molar-refractivity contribution in [3.63, 3.8) is 0 Å². The highest BCUT2D eigenvalue weighted by Gasteiger charge is 2.62. The van der Waals surface area contributed by atoms with Gasteiger partial charge in [-0.1, -0.05) is 13.8 Å². The Balaban J connectivity index is 1.64. The van der Waals surface area contributed by atoms with Crippen molar-refractivity contribution in [3.05, 3.63) is 0 Å². The summed E-state index contributed by atoms with van der Waals surface area (Å²) in [6.45, 7) is 6.44. The maximum atomic E-state index is 12.2. The number of hydrogen-bond acceptors (Lipinski definition) is 3. The highest BCUT2D eigenvalue weighted by atomic mass is 16.3. The molecular weight excluding hydrogens is 300 g/mol. The summed E-state index contributed by atoms with van der Waals surface area (Å²) in [6.07, 6.45) is 8.14. The predicted molar refractivity (Wildman–Crippen MR) is 93.3 cm³/mol. The first kappa shape index (κ1) is 17.0. The Morgan fingerprint density at radius 2 is 1.62 bits per heavy atom. The molecule has 3 nitrogen and oxygen atoms in total. The van der Waals surface area contributed by atoms with Gasteiger partial charge in [0, 0.05) is 5.92 Å². The standard InChI is InChI=1S/C21H34O3/c1-12(22)19-18(24)11-17-15-5-4-13-10-14(23)6-8-20(13,2)16(15)7-9-21(17,19)3/h13-19,23-24H,4-11H2,1-3H3/t13?,14-,15-,16+,17+,18-,19+,20+,21-/m1/s1. The summed E-state index contributed by atoms with van der Waals surface area (Å²) in [6, 6.07) is 0. The van der Waals surface area contributed by atoms with Crippen molar-refractivity contribution in [2.24, 2.45) is 40.4 Å². The van der Waals surface area contributed by atoms with Crippen LogP contribution in [0.15, 0.2) is 0 Å². The molecule has 0 saturated heterocycles. The zero-order chi connectivity index (χ0) is 17.3. The molecule has 3 heteroatoms. The summed E-state index contributed by atoms with van der Waals surface area (Å²) in [7, 11) is 0. The molecule has 0 aromatic heterocycles. The van der Waals surface area contributed by atoms with Gasteiger partial charge in [0.25, 0.3) is 0 Å². The Labute approximate surface area is 146 Å². The van der Waals surface area contributed by atoms with Crippen LogP contribution < -0.4 is 0 Å². The molecule has 0 radical (unpaired) electrons. The number of carbonyl (C=O) groups is 1. The van der Waals surface area contributed by atoms with Crippen molar-refractivity contribution < 1.29 is 15.0 Å². The lowest BCUT2D eigenvalue weighted by molar-refractivity contribution is -0.140. The quantitative estimate of drug-likeness (QED) is 0.771. The molecule has 0 aromatic rings. The van der Waals surface area contributed by atoms with E-state index in [0.717, 1.165) is 38.0 Å². The first-order valence-corrected chi connectivity index (χ1v) is 10.1. The van der Waals surface area contributed by atoms with E-state index < -0.39 is 6.10 Å². The van der Waals surface area contributed by atoms with Gasteiger partial charge >= 0.3 is 0 Å². The van der Waals surface area contributed by atoms with Crippen LogP contribution in [0.4, 0.5) is 0 Å². The highest BCUT2D eigenvalue weighted by molar-refractivity contribution is 5.80. The number of hydrogen-bond donors (Lipinski definition) is 2. The Kier molecular flexibility index (Phi) is 3.93. The lowest BCUT2D eigenvalue weighted by Gasteiger charge is -2.60. The van der Waals surface area contributed by atoms with Crippen molar-refractivity contribution in [2.45, 2.75) is 84.3 Å². The zero-order valence-electron chi connectivity index (χ0n) is 15.5. The minimum atomic E-state index is -0.435. The van der Waals surface area contributed by atoms with Gasteiger partial charge in [0.15, 0.2) is 0 Å². The van der Waals surface area contributed by atoms with Crippen LogP contribution in [0.2, 0.25) is 0 Å². The molecule has 4 saturated carbocycles. The van der Waals surface area contributed by atoms with E-state index in [-0.39, 0.29) is 23.2 Å². The molecule has 0 aromatic carbocycles. The number of aliphatic hydroxyl groups excluding tert-OH is 2. The minimum absolute atomic E-state index is 0.00376. The third kappa shape index (κ3) is 2.19. The maximum absolute atomic E-state index is 12.2. The van der Waals surface area contributed by atoms with Crippen molar-refractivity contribution in [3.8, 4) is 0 Å². The number of Topliss-reactive ketones (excluding diaryl/α,β-unsaturated/α-hetero) is 1. The van der Waals surface area contributed by atoms with E-state index >= 15 is 0 Å². The van der Waals surface area contributed by atoms with Crippen molar-refractivity contribution in [1.29, 1.82) is 0 Å². The van der Waals surface area contributed by atoms with E-state index in [1.165, 1.54) is 19.3 Å². The molecule has 0 spiro atoms. The molecule has 2 N–H and O–H groups in total. The molecule has 1 unspecified atom stereocenters. The summed E-state index contributed by atoms with van der Waals surface area (Å²) in [5, 5.41) is 20.7. The molecule has 0 aliphatic heterocycles. The summed E-state index contributed by atoms with van der Waals surface area (Å²) in [5.74, 6) is 2.60. The third-order valence-electron chi connectivity index (χ3n) is 9.10. The van der Waals surface area contributed by atoms with Gasteiger partial charge in [-0.2, -0.15) is 0 Å². The fourth-order valence-corrected chi connectivity index (χ4v) is 7.98. The van der Waals surface area contributed by atoms with Gasteiger partial charge in [-0.3, -0.25) is 4.79 Å². The van der Waals surface area contributed by atoms with Crippen LogP contribution in [0.5, 0.6) is 0 Å². The monoisotopic (exact) mass is 334 g/mol. The van der Waals surface area contributed by atoms with E-state index in [1.54, 1.807) is 6.92 Å². The molecule has 136 valence electrons. The molecular formula is C21H34O3. The molecule has 24 heavy (non-hydrogen) atoms. The Morgan fingerprint density at radius 1 is 0.917 bits per heavy atom. The zero-order valence-corrected chi connectivity index (χ0v) is 15.5. The summed E-state index contributed by atoms with van der Waals surface area (Å²) in [5.41, 5.74) is 0.368. The smallest absolute Gasteiger partial charge is 0.136 e. The second kappa shape index (κ2) is 5.54. The second-order valence-corrected chi connectivity index (χ2v) is 10.0. The number of ketones is 1. The van der Waals surface area contributed by atoms with Gasteiger partial charge < -0.3 is 10.2 Å². The second-order valence-electron chi connectivity index (χ2n) is 10.0. The first-order valence-electron chi connectivity index (χ1n) is 10.1. The lowest BCUT2D eigenvalue weighted by atomic mass is 9.44. The van der Waals surface area contributed by atoms with E-state index in [4.69, 9.17) is 0 Å². The van der Waals surface area contributed by atoms with Crippen molar-refractivity contribution in [1.82, 2.24) is 0 Å². The maximum Gasteiger partial charge on any atom is 0.136 e. The molecule has 4 aliphatic rings. The summed E-state index contributed by atoms with van der Waals surface area (Å²) < 4.78 is 0. The van der Waals surface area contributed by atoms with Gasteiger partial charge in [-0.15, -0.1) is 0 Å². The topological polar surface area (TPSA) is 57.5 Å². The number of aliphatic hydroxyl groups is 2. The fourth-order valence-electron chi connectivity index (χ4n) is 7.98. The van der Waals surface area contributed by atoms with Crippen LogP contribution in [0.25, 0.3) is 0 Å². The third-order valence-corrected chi connectivity index (χ3v) is 9.10. The van der Waals surface area contributed by atoms with Crippen LogP contribution in [-0.4, -0.2) is 28.2 Å². The lowest BCUT2D eigenvalue weighted by Crippen LogP contribution is -2.54. The van der Waals surface area contributed by atoms with Crippen molar-refractivity contribution >= 4 is 5.78 Å². The largest absolute Gasteiger partial charge is 0.393 e. The number of carbonyl (C=O) groups excluding carboxylic acids is 1. The van der Waals surface area contributed by atoms with E-state index in [0.29, 0.717) is 23.2 Å². The predicted octanol–water partition coefficient (Wildman–Crippen LogP) is 3.57. The van der Waals surface area contributed by atoms with Crippen LogP contribution >= 0.6 is 0 Å². The number of rotatable bonds is 1. The fraction of sp³-hybridized carbons (Fsp3) is 0.952. The van der Waals surface area contributed by atoms with Gasteiger partial charge in [-0.05, 0) is 92.8 Å². The number of fused-ring (bicyclic) bond motifs is 5. The Morgan fingerprint density at radius 3 is 2.33 bits per heavy atom. The van der Waals surface area contributed by atoms with Gasteiger partial charge in [0.2, 0.25) is 0 Å². The molecule has 4 fully saturated rings. The van der Waals surface area contributed by atoms with Gasteiger partial charge in [0.1, 0.15) is 5.78 Å². The van der Waals surface area contributed by atoms with Gasteiger partial charge in [0.05, 0.1) is 12.2 Å². The summed E-state index contributed by atoms with van der Waals surface area (Å²) >= 11 is 0. The normalized spacial score (nSPS) is 57.0. The average molecular weight is 335 g/mol. The Hall–Kier alpha value is -0.410. The van der Waals surface area contributed by atoms with Gasteiger partial charge in [-0.25, -0.2) is 0 Å². The van der Waals surface area contributed by atoms with E-state index in [9.17, 15) is 15.0 Å². The van der Waals surface area contributed by atoms with E-state index in [1.807, 2.05) is 0 Å². The van der Waals surface area contributed by atoms with Crippen molar-refractivity contribution in [2.75, 3.05) is 0 Å². The van der Waals surface area contributed by atoms with Crippen LogP contribution in [0.3, 0.4) is 0 Å². The molecule has 0 heterocycles. The minimum Gasteiger partial charge on any atom is -0.393 e.